The molecule has 10 heteroatoms. The average molecular weight is 421 g/mol. The molecule has 0 unspecified atom stereocenters. The van der Waals surface area contributed by atoms with E-state index in [1.807, 2.05) is 0 Å². The minimum Gasteiger partial charge on any atom is -0.478 e. The molecule has 3 rings (SSSR count). The zero-order chi connectivity index (χ0) is 20.6. The molecular formula is C18H10Cl2N2O6. The number of aliphatic carboxylic acids is 1. The van der Waals surface area contributed by atoms with Gasteiger partial charge in [0.25, 0.3) is 5.69 Å². The van der Waals surface area contributed by atoms with Crippen molar-refractivity contribution in [2.24, 2.45) is 0 Å². The Morgan fingerprint density at radius 3 is 2.46 bits per heavy atom. The second kappa shape index (κ2) is 7.34. The lowest BCUT2D eigenvalue weighted by atomic mass is 10.0. The third kappa shape index (κ3) is 3.55. The lowest BCUT2D eigenvalue weighted by molar-refractivity contribution is -0.384. The van der Waals surface area contributed by atoms with Crippen LogP contribution in [0.25, 0.3) is 22.6 Å². The number of aromatic amines is 1. The molecule has 1 heterocycles. The van der Waals surface area contributed by atoms with Crippen molar-refractivity contribution in [2.75, 3.05) is 0 Å². The molecule has 2 aromatic carbocycles. The number of nitrogens with one attached hydrogen (secondary N) is 1. The summed E-state index contributed by atoms with van der Waals surface area (Å²) in [6, 6.07) is 7.88. The van der Waals surface area contributed by atoms with Gasteiger partial charge in [-0.1, -0.05) is 35.3 Å². The van der Waals surface area contributed by atoms with E-state index >= 15 is 0 Å². The Morgan fingerprint density at radius 2 is 1.86 bits per heavy atom. The van der Waals surface area contributed by atoms with E-state index in [4.69, 9.17) is 23.2 Å². The summed E-state index contributed by atoms with van der Waals surface area (Å²) in [6.07, 6.45) is 1.11. The summed E-state index contributed by atoms with van der Waals surface area (Å²) in [5, 5.41) is 30.8. The van der Waals surface area contributed by atoms with Crippen molar-refractivity contribution in [1.29, 1.82) is 0 Å². The number of fused-ring (bicyclic) bond motifs is 1. The number of halogens is 2. The van der Waals surface area contributed by atoms with Crippen LogP contribution in [-0.2, 0) is 4.79 Å². The topological polar surface area (TPSA) is 134 Å². The predicted molar refractivity (Wildman–Crippen MR) is 104 cm³/mol. The Labute approximate surface area is 166 Å². The molecule has 0 aliphatic heterocycles. The van der Waals surface area contributed by atoms with Crippen molar-refractivity contribution in [1.82, 2.24) is 4.98 Å². The van der Waals surface area contributed by atoms with Gasteiger partial charge in [-0.3, -0.25) is 10.1 Å². The van der Waals surface area contributed by atoms with E-state index in [1.54, 1.807) is 0 Å². The number of nitro groups is 1. The van der Waals surface area contributed by atoms with Gasteiger partial charge in [-0.15, -0.1) is 0 Å². The second-order valence-electron chi connectivity index (χ2n) is 5.70. The Hall–Kier alpha value is -3.36. The molecule has 142 valence electrons. The summed E-state index contributed by atoms with van der Waals surface area (Å²) in [4.78, 5) is 36.4. The fourth-order valence-corrected chi connectivity index (χ4v) is 3.38. The van der Waals surface area contributed by atoms with Gasteiger partial charge in [0.15, 0.2) is 0 Å². The van der Waals surface area contributed by atoms with E-state index in [9.17, 15) is 29.9 Å². The van der Waals surface area contributed by atoms with Gasteiger partial charge in [0, 0.05) is 33.6 Å². The number of carboxylic acid groups (broad SMARTS) is 2. The fraction of sp³-hybridized carbons (Fsp3) is 0. The van der Waals surface area contributed by atoms with Gasteiger partial charge >= 0.3 is 11.9 Å². The van der Waals surface area contributed by atoms with Gasteiger partial charge in [0.2, 0.25) is 0 Å². The zero-order valence-corrected chi connectivity index (χ0v) is 15.3. The van der Waals surface area contributed by atoms with Crippen LogP contribution in [0.1, 0.15) is 21.6 Å². The first kappa shape index (κ1) is 19.4. The van der Waals surface area contributed by atoms with Crippen LogP contribution in [0.3, 0.4) is 0 Å². The first-order valence-corrected chi connectivity index (χ1v) is 8.38. The van der Waals surface area contributed by atoms with Crippen molar-refractivity contribution < 1.29 is 24.7 Å². The average Bonchev–Trinajstić information content (AvgIpc) is 2.98. The summed E-state index contributed by atoms with van der Waals surface area (Å²) in [5.41, 5.74) is -0.552. The summed E-state index contributed by atoms with van der Waals surface area (Å²) >= 11 is 12.1. The molecule has 28 heavy (non-hydrogen) atoms. The highest BCUT2D eigenvalue weighted by molar-refractivity contribution is 6.39. The molecule has 8 nitrogen and oxygen atoms in total. The van der Waals surface area contributed by atoms with E-state index in [1.165, 1.54) is 30.3 Å². The summed E-state index contributed by atoms with van der Waals surface area (Å²) in [6.45, 7) is 0. The molecule has 3 aromatic rings. The van der Waals surface area contributed by atoms with Crippen LogP contribution in [0.15, 0.2) is 36.4 Å². The third-order valence-corrected chi connectivity index (χ3v) is 4.47. The molecule has 0 aliphatic rings. The number of benzene rings is 2. The lowest BCUT2D eigenvalue weighted by Crippen LogP contribution is -2.03. The first-order chi connectivity index (χ1) is 13.2. The second-order valence-corrected chi connectivity index (χ2v) is 6.54. The lowest BCUT2D eigenvalue weighted by Gasteiger charge is -2.05. The highest BCUT2D eigenvalue weighted by atomic mass is 35.5. The molecule has 3 N–H and O–H groups in total. The molecule has 0 radical (unpaired) electrons. The molecule has 0 fully saturated rings. The molecule has 0 amide bonds. The van der Waals surface area contributed by atoms with Gasteiger partial charge in [-0.25, -0.2) is 9.59 Å². The number of carboxylic acids is 2. The number of nitro benzene ring substituents is 1. The van der Waals surface area contributed by atoms with Gasteiger partial charge in [0.05, 0.1) is 15.5 Å². The van der Waals surface area contributed by atoms with E-state index in [0.29, 0.717) is 5.52 Å². The SMILES string of the molecule is O=C(O)/C(=C/c1c(C(=O)O)[nH]c2cc(Cl)cc(Cl)c12)c1cccc([N+](=O)[O-])c1. The van der Waals surface area contributed by atoms with Gasteiger partial charge in [-0.05, 0) is 23.8 Å². The number of carbonyl (C=O) groups is 2. The minimum absolute atomic E-state index is 0.0214. The number of aromatic carboxylic acids is 1. The molecule has 0 saturated carbocycles. The van der Waals surface area contributed by atoms with E-state index in [2.05, 4.69) is 4.98 Å². The van der Waals surface area contributed by atoms with Gasteiger partial charge < -0.3 is 15.2 Å². The minimum atomic E-state index is -1.39. The monoisotopic (exact) mass is 420 g/mol. The third-order valence-electron chi connectivity index (χ3n) is 3.95. The Kier molecular flexibility index (Phi) is 5.08. The van der Waals surface area contributed by atoms with Crippen LogP contribution < -0.4 is 0 Å². The Morgan fingerprint density at radius 1 is 1.14 bits per heavy atom. The van der Waals surface area contributed by atoms with E-state index < -0.39 is 16.9 Å². The highest BCUT2D eigenvalue weighted by Crippen LogP contribution is 2.35. The van der Waals surface area contributed by atoms with Crippen molar-refractivity contribution >= 4 is 63.4 Å². The Balaban J connectivity index is 2.33. The smallest absolute Gasteiger partial charge is 0.352 e. The number of aromatic nitrogens is 1. The van der Waals surface area contributed by atoms with Gasteiger partial charge in [-0.2, -0.15) is 0 Å². The van der Waals surface area contributed by atoms with Crippen molar-refractivity contribution in [2.45, 2.75) is 0 Å². The summed E-state index contributed by atoms with van der Waals surface area (Å²) in [5.74, 6) is -2.73. The fourth-order valence-electron chi connectivity index (χ4n) is 2.79. The maximum Gasteiger partial charge on any atom is 0.352 e. The summed E-state index contributed by atoms with van der Waals surface area (Å²) in [7, 11) is 0. The maximum absolute atomic E-state index is 11.8. The normalized spacial score (nSPS) is 11.6. The van der Waals surface area contributed by atoms with Crippen LogP contribution in [-0.4, -0.2) is 32.1 Å². The summed E-state index contributed by atoms with van der Waals surface area (Å²) < 4.78 is 0. The molecule has 0 atom stereocenters. The highest BCUT2D eigenvalue weighted by Gasteiger charge is 2.22. The number of hydrogen-bond acceptors (Lipinski definition) is 4. The van der Waals surface area contributed by atoms with Crippen molar-refractivity contribution in [3.8, 4) is 0 Å². The van der Waals surface area contributed by atoms with Crippen LogP contribution in [0.5, 0.6) is 0 Å². The number of rotatable bonds is 5. The number of non-ortho nitro benzene ring substituents is 1. The van der Waals surface area contributed by atoms with Crippen LogP contribution in [0.4, 0.5) is 5.69 Å². The molecular weight excluding hydrogens is 411 g/mol. The molecule has 0 saturated heterocycles. The maximum atomic E-state index is 11.8. The number of hydrogen-bond donors (Lipinski definition) is 3. The van der Waals surface area contributed by atoms with Gasteiger partial charge in [0.1, 0.15) is 5.69 Å². The van der Waals surface area contributed by atoms with Crippen LogP contribution in [0.2, 0.25) is 10.0 Å². The van der Waals surface area contributed by atoms with Crippen LogP contribution >= 0.6 is 23.2 Å². The predicted octanol–water partition coefficient (Wildman–Crippen LogP) is 4.71. The molecule has 0 spiro atoms. The number of nitrogens with zero attached hydrogens (tertiary/aromatic N) is 1. The quantitative estimate of drug-likeness (QED) is 0.311. The number of H-pyrrole nitrogens is 1. The first-order valence-electron chi connectivity index (χ1n) is 7.63. The Bertz CT molecular complexity index is 1180. The molecule has 1 aromatic heterocycles. The van der Waals surface area contributed by atoms with Crippen LogP contribution in [0, 0.1) is 10.1 Å². The largest absolute Gasteiger partial charge is 0.478 e. The van der Waals surface area contributed by atoms with E-state index in [0.717, 1.165) is 12.1 Å². The van der Waals surface area contributed by atoms with Crippen molar-refractivity contribution in [3.63, 3.8) is 0 Å². The molecule has 0 aliphatic carbocycles. The standard InChI is InChI=1S/C18H10Cl2N2O6/c19-9-5-13(20)15-12(16(18(25)26)21-14(15)6-9)7-11(17(23)24)8-2-1-3-10(4-8)22(27)28/h1-7,21H,(H,23,24)(H,25,26)/b11-7+. The van der Waals surface area contributed by atoms with Crippen molar-refractivity contribution in [3.05, 3.63) is 73.4 Å². The zero-order valence-electron chi connectivity index (χ0n) is 13.8. The molecule has 0 bridgehead atoms. The van der Waals surface area contributed by atoms with E-state index in [-0.39, 0.29) is 43.5 Å².